The third-order valence-corrected chi connectivity index (χ3v) is 8.82. The zero-order valence-electron chi connectivity index (χ0n) is 23.2. The van der Waals surface area contributed by atoms with Crippen LogP contribution in [0.4, 0.5) is 0 Å². The second-order valence-corrected chi connectivity index (χ2v) is 11.6. The minimum atomic E-state index is -1.79. The molecule has 0 aromatic carbocycles. The Hall–Kier alpha value is 0.0600. The van der Waals surface area contributed by atoms with E-state index in [4.69, 9.17) is 58.5 Å². The highest BCUT2D eigenvalue weighted by Gasteiger charge is 2.52. The number of unbranched alkanes of at least 4 members (excludes halogenated alkanes) is 8. The molecule has 2 saturated heterocycles. The molecule has 2 heterocycles. The number of hydrogen-bond donors (Lipinski definition) is 3. The maximum absolute atomic E-state index is 12.3. The lowest BCUT2D eigenvalue weighted by molar-refractivity contribution is -0.369. The van der Waals surface area contributed by atoms with E-state index in [1.165, 1.54) is 45.6 Å². The highest BCUT2D eigenvalue weighted by atomic mass is 35.5. The first-order chi connectivity index (χ1) is 18.7. The minimum absolute atomic E-state index is 0.0248. The van der Waals surface area contributed by atoms with Crippen LogP contribution in [0.25, 0.3) is 0 Å². The van der Waals surface area contributed by atoms with Crippen molar-refractivity contribution >= 4 is 40.8 Å². The second kappa shape index (κ2) is 18.6. The van der Waals surface area contributed by atoms with Gasteiger partial charge in [-0.1, -0.05) is 58.3 Å². The first-order valence-electron chi connectivity index (χ1n) is 14.2. The normalized spacial score (nSPS) is 35.5. The van der Waals surface area contributed by atoms with Gasteiger partial charge >= 0.3 is 5.97 Å². The lowest BCUT2D eigenvalue weighted by Crippen LogP contribution is -2.62. The summed E-state index contributed by atoms with van der Waals surface area (Å²) >= 11 is 18.6. The van der Waals surface area contributed by atoms with E-state index in [-0.39, 0.29) is 37.4 Å². The Morgan fingerprint density at radius 1 is 1.03 bits per heavy atom. The van der Waals surface area contributed by atoms with Gasteiger partial charge in [0, 0.05) is 31.7 Å². The Morgan fingerprint density at radius 3 is 2.26 bits per heavy atom. The molecule has 0 aromatic rings. The Morgan fingerprint density at radius 2 is 1.67 bits per heavy atom. The lowest BCUT2D eigenvalue weighted by atomic mass is 9.98. The highest BCUT2D eigenvalue weighted by molar-refractivity contribution is 6.21. The van der Waals surface area contributed by atoms with Crippen LogP contribution in [-0.2, 0) is 28.5 Å². The molecule has 230 valence electrons. The van der Waals surface area contributed by atoms with Gasteiger partial charge in [-0.25, -0.2) is 0 Å². The van der Waals surface area contributed by atoms with Crippen molar-refractivity contribution in [2.75, 3.05) is 32.1 Å². The number of carbonyl (C=O) groups excluding carboxylic acids is 1. The van der Waals surface area contributed by atoms with Gasteiger partial charge in [-0.2, -0.15) is 0 Å². The number of aliphatic hydroxyl groups excluding tert-OH is 3. The van der Waals surface area contributed by atoms with Crippen molar-refractivity contribution in [1.29, 1.82) is 0 Å². The van der Waals surface area contributed by atoms with Crippen LogP contribution in [0.2, 0.25) is 0 Å². The maximum atomic E-state index is 12.3. The van der Waals surface area contributed by atoms with Crippen molar-refractivity contribution in [3.8, 4) is 0 Å². The predicted molar refractivity (Wildman–Crippen MR) is 149 cm³/mol. The molecule has 0 spiro atoms. The van der Waals surface area contributed by atoms with E-state index >= 15 is 0 Å². The summed E-state index contributed by atoms with van der Waals surface area (Å²) in [5.74, 6) is -2.79. The molecule has 12 heteroatoms. The van der Waals surface area contributed by atoms with Gasteiger partial charge in [-0.05, 0) is 6.42 Å². The lowest BCUT2D eigenvalue weighted by Gasteiger charge is -2.45. The van der Waals surface area contributed by atoms with Gasteiger partial charge in [0.25, 0.3) is 0 Å². The molecule has 0 saturated carbocycles. The smallest absolute Gasteiger partial charge is 0.305 e. The molecule has 9 nitrogen and oxygen atoms in total. The zero-order valence-corrected chi connectivity index (χ0v) is 25.4. The molecule has 0 aliphatic carbocycles. The predicted octanol–water partition coefficient (Wildman–Crippen LogP) is 4.11. The average Bonchev–Trinajstić information content (AvgIpc) is 3.04. The quantitative estimate of drug-likeness (QED) is 0.125. The molecule has 39 heavy (non-hydrogen) atoms. The second-order valence-electron chi connectivity index (χ2n) is 10.5. The van der Waals surface area contributed by atoms with Crippen LogP contribution in [0.5, 0.6) is 0 Å². The average molecular weight is 622 g/mol. The van der Waals surface area contributed by atoms with Crippen molar-refractivity contribution in [2.45, 2.75) is 126 Å². The Bertz CT molecular complexity index is 691. The van der Waals surface area contributed by atoms with Crippen LogP contribution >= 0.6 is 34.8 Å². The highest BCUT2D eigenvalue weighted by Crippen LogP contribution is 2.36. The largest absolute Gasteiger partial charge is 0.463 e. The number of alkyl halides is 3. The number of rotatable bonds is 17. The summed E-state index contributed by atoms with van der Waals surface area (Å²) in [6.45, 7) is 2.02. The monoisotopic (exact) mass is 620 g/mol. The molecular formula is C27H47Cl3O9. The SMILES string of the molecule is CCCCCCCCCCCC(=O)OCC1O[C@H](O[C@@]2(CCl)OC[C@@H](CCl)C(O)C[C@H]2O)C(O)C(OC)[C@H]1Cl. The standard InChI is InChI=1S/C27H47Cl3O9/c1-3-4-5-6-7-8-9-10-11-12-22(33)36-16-20-23(30)25(35-2)24(34)26(38-20)39-27(17-29)21(32)13-19(31)18(14-28)15-37-27/h18-21,23-26,31-32,34H,3-17H2,1-2H3/t18-,19?,20?,21-,23+,24?,25?,26-,27-/m1/s1. The van der Waals surface area contributed by atoms with E-state index in [9.17, 15) is 20.1 Å². The first kappa shape index (κ1) is 35.3. The molecule has 2 aliphatic heterocycles. The van der Waals surface area contributed by atoms with Gasteiger partial charge in [0.15, 0.2) is 6.29 Å². The molecule has 2 aliphatic rings. The number of hydrogen-bond acceptors (Lipinski definition) is 9. The fourth-order valence-corrected chi connectivity index (χ4v) is 5.88. The minimum Gasteiger partial charge on any atom is -0.463 e. The molecule has 0 bridgehead atoms. The van der Waals surface area contributed by atoms with Gasteiger partial charge in [0.2, 0.25) is 5.79 Å². The molecule has 2 rings (SSSR count). The van der Waals surface area contributed by atoms with Crippen LogP contribution in [-0.4, -0.2) is 101 Å². The van der Waals surface area contributed by atoms with Crippen LogP contribution in [0, 0.1) is 5.92 Å². The van der Waals surface area contributed by atoms with Gasteiger partial charge in [0.1, 0.15) is 31.0 Å². The van der Waals surface area contributed by atoms with E-state index < -0.39 is 53.9 Å². The van der Waals surface area contributed by atoms with E-state index in [2.05, 4.69) is 6.92 Å². The van der Waals surface area contributed by atoms with E-state index in [1.54, 1.807) is 0 Å². The van der Waals surface area contributed by atoms with Crippen molar-refractivity contribution in [2.24, 2.45) is 5.92 Å². The van der Waals surface area contributed by atoms with E-state index in [0.717, 1.165) is 19.3 Å². The number of methoxy groups -OCH3 is 1. The summed E-state index contributed by atoms with van der Waals surface area (Å²) in [7, 11) is 1.38. The third kappa shape index (κ3) is 10.7. The fraction of sp³-hybridized carbons (Fsp3) is 0.963. The van der Waals surface area contributed by atoms with Gasteiger partial charge < -0.3 is 39.0 Å². The maximum Gasteiger partial charge on any atom is 0.305 e. The fourth-order valence-electron chi connectivity index (χ4n) is 4.88. The Kier molecular flexibility index (Phi) is 16.8. The van der Waals surface area contributed by atoms with Gasteiger partial charge in [-0.3, -0.25) is 4.79 Å². The van der Waals surface area contributed by atoms with Gasteiger partial charge in [-0.15, -0.1) is 34.8 Å². The summed E-state index contributed by atoms with van der Waals surface area (Å²) in [5.41, 5.74) is 0. The summed E-state index contributed by atoms with van der Waals surface area (Å²) in [6.07, 6.45) is 3.72. The van der Waals surface area contributed by atoms with Crippen LogP contribution in [0.1, 0.15) is 77.6 Å². The number of esters is 1. The molecule has 9 atom stereocenters. The molecule has 0 radical (unpaired) electrons. The van der Waals surface area contributed by atoms with Crippen molar-refractivity contribution in [3.63, 3.8) is 0 Å². The Balaban J connectivity index is 1.89. The van der Waals surface area contributed by atoms with Crippen LogP contribution in [0.15, 0.2) is 0 Å². The first-order valence-corrected chi connectivity index (χ1v) is 15.7. The molecule has 3 N–H and O–H groups in total. The van der Waals surface area contributed by atoms with Gasteiger partial charge in [0.05, 0.1) is 24.0 Å². The van der Waals surface area contributed by atoms with E-state index in [1.807, 2.05) is 0 Å². The zero-order chi connectivity index (χ0) is 28.8. The molecule has 0 aromatic heterocycles. The van der Waals surface area contributed by atoms with Crippen molar-refractivity contribution in [1.82, 2.24) is 0 Å². The molecular weight excluding hydrogens is 575 g/mol. The van der Waals surface area contributed by atoms with Crippen LogP contribution < -0.4 is 0 Å². The summed E-state index contributed by atoms with van der Waals surface area (Å²) in [6, 6.07) is 0. The molecule has 2 fully saturated rings. The molecule has 4 unspecified atom stereocenters. The summed E-state index contributed by atoms with van der Waals surface area (Å²) < 4.78 is 28.5. The van der Waals surface area contributed by atoms with Crippen molar-refractivity contribution < 1.29 is 43.8 Å². The summed E-state index contributed by atoms with van der Waals surface area (Å²) in [5, 5.41) is 31.2. The van der Waals surface area contributed by atoms with Crippen LogP contribution in [0.3, 0.4) is 0 Å². The van der Waals surface area contributed by atoms with Crippen molar-refractivity contribution in [3.05, 3.63) is 0 Å². The number of halogens is 3. The molecule has 0 amide bonds. The number of aliphatic hydroxyl groups is 3. The third-order valence-electron chi connectivity index (χ3n) is 7.52. The van der Waals surface area contributed by atoms with E-state index in [0.29, 0.717) is 6.42 Å². The topological polar surface area (TPSA) is 124 Å². The Labute approximate surface area is 247 Å². The number of ether oxygens (including phenoxy) is 5. The summed E-state index contributed by atoms with van der Waals surface area (Å²) in [4.78, 5) is 12.3. The number of carbonyl (C=O) groups is 1.